The first kappa shape index (κ1) is 15.6. The number of amides is 2. The molecule has 0 aromatic heterocycles. The van der Waals surface area contributed by atoms with Gasteiger partial charge in [0.1, 0.15) is 6.04 Å². The normalized spacial score (nSPS) is 20.8. The molecule has 114 valence electrons. The third-order valence-electron chi connectivity index (χ3n) is 3.90. The average molecular weight is 310 g/mol. The molecule has 1 saturated carbocycles. The number of hydrogen-bond acceptors (Lipinski definition) is 3. The summed E-state index contributed by atoms with van der Waals surface area (Å²) in [6, 6.07) is 6.86. The number of nitrogens with two attached hydrogens (primary N) is 1. The standard InChI is InChI=1S/C15H19N3O2.ClH/c16-11-5-3-10(4-6-11)15(20)18-9-1-2-13(18)14(19)17-12-7-8-12;/h3-6,12-13H,1-2,7-9,16H2,(H,17,19);1H. The van der Waals surface area contributed by atoms with Crippen molar-refractivity contribution in [3.8, 4) is 0 Å². The molecule has 1 saturated heterocycles. The molecular weight excluding hydrogens is 290 g/mol. The number of halogens is 1. The molecule has 3 N–H and O–H groups in total. The summed E-state index contributed by atoms with van der Waals surface area (Å²) in [6.07, 6.45) is 3.75. The Balaban J connectivity index is 0.00000161. The number of carbonyl (C=O) groups excluding carboxylic acids is 2. The molecule has 1 aromatic rings. The van der Waals surface area contributed by atoms with Crippen LogP contribution in [0.15, 0.2) is 24.3 Å². The lowest BCUT2D eigenvalue weighted by Crippen LogP contribution is -2.46. The minimum atomic E-state index is -0.319. The number of rotatable bonds is 3. The molecule has 0 bridgehead atoms. The second kappa shape index (κ2) is 6.35. The zero-order chi connectivity index (χ0) is 14.1. The average Bonchev–Trinajstić information content (AvgIpc) is 3.11. The summed E-state index contributed by atoms with van der Waals surface area (Å²) in [5, 5.41) is 2.99. The van der Waals surface area contributed by atoms with Crippen LogP contribution < -0.4 is 11.1 Å². The topological polar surface area (TPSA) is 75.4 Å². The van der Waals surface area contributed by atoms with Crippen LogP contribution in [0.4, 0.5) is 5.69 Å². The summed E-state index contributed by atoms with van der Waals surface area (Å²) < 4.78 is 0. The van der Waals surface area contributed by atoms with Gasteiger partial charge in [-0.3, -0.25) is 9.59 Å². The maximum Gasteiger partial charge on any atom is 0.254 e. The van der Waals surface area contributed by atoms with Crippen molar-refractivity contribution in [1.29, 1.82) is 0 Å². The highest BCUT2D eigenvalue weighted by atomic mass is 35.5. The zero-order valence-corrected chi connectivity index (χ0v) is 12.6. The summed E-state index contributed by atoms with van der Waals surface area (Å²) in [6.45, 7) is 0.645. The quantitative estimate of drug-likeness (QED) is 0.832. The summed E-state index contributed by atoms with van der Waals surface area (Å²) in [5.41, 5.74) is 6.85. The monoisotopic (exact) mass is 309 g/mol. The third-order valence-corrected chi connectivity index (χ3v) is 3.90. The van der Waals surface area contributed by atoms with E-state index in [-0.39, 0.29) is 30.3 Å². The van der Waals surface area contributed by atoms with E-state index >= 15 is 0 Å². The van der Waals surface area contributed by atoms with Gasteiger partial charge in [-0.1, -0.05) is 0 Å². The fraction of sp³-hybridized carbons (Fsp3) is 0.467. The molecule has 0 spiro atoms. The van der Waals surface area contributed by atoms with Crippen molar-refractivity contribution in [2.75, 3.05) is 12.3 Å². The van der Waals surface area contributed by atoms with E-state index in [0.717, 1.165) is 25.7 Å². The molecule has 2 amide bonds. The van der Waals surface area contributed by atoms with Crippen molar-refractivity contribution in [3.05, 3.63) is 29.8 Å². The number of anilines is 1. The number of nitrogen functional groups attached to an aromatic ring is 1. The van der Waals surface area contributed by atoms with Crippen LogP contribution in [0.1, 0.15) is 36.0 Å². The molecule has 2 aliphatic rings. The molecule has 0 radical (unpaired) electrons. The van der Waals surface area contributed by atoms with Crippen LogP contribution in [0.5, 0.6) is 0 Å². The van der Waals surface area contributed by atoms with E-state index in [1.165, 1.54) is 0 Å². The van der Waals surface area contributed by atoms with E-state index in [1.807, 2.05) is 0 Å². The van der Waals surface area contributed by atoms with Crippen molar-refractivity contribution >= 4 is 29.9 Å². The predicted octanol–water partition coefficient (Wildman–Crippen LogP) is 1.57. The Bertz CT molecular complexity index is 528. The van der Waals surface area contributed by atoms with Crippen LogP contribution in [0.25, 0.3) is 0 Å². The van der Waals surface area contributed by atoms with Crippen LogP contribution in [0, 0.1) is 0 Å². The van der Waals surface area contributed by atoms with Crippen molar-refractivity contribution in [1.82, 2.24) is 10.2 Å². The number of hydrogen-bond donors (Lipinski definition) is 2. The molecule has 1 aliphatic heterocycles. The molecule has 3 rings (SSSR count). The Labute approximate surface area is 130 Å². The van der Waals surface area contributed by atoms with Crippen LogP contribution in [0.3, 0.4) is 0 Å². The largest absolute Gasteiger partial charge is 0.399 e. The van der Waals surface area contributed by atoms with E-state index < -0.39 is 0 Å². The van der Waals surface area contributed by atoms with E-state index in [0.29, 0.717) is 23.8 Å². The van der Waals surface area contributed by atoms with Gasteiger partial charge in [-0.25, -0.2) is 0 Å². The van der Waals surface area contributed by atoms with Gasteiger partial charge in [-0.2, -0.15) is 0 Å². The second-order valence-corrected chi connectivity index (χ2v) is 5.56. The third kappa shape index (κ3) is 3.47. The zero-order valence-electron chi connectivity index (χ0n) is 11.7. The maximum atomic E-state index is 12.5. The van der Waals surface area contributed by atoms with Gasteiger partial charge >= 0.3 is 0 Å². The summed E-state index contributed by atoms with van der Waals surface area (Å²) >= 11 is 0. The second-order valence-electron chi connectivity index (χ2n) is 5.56. The lowest BCUT2D eigenvalue weighted by Gasteiger charge is -2.24. The highest BCUT2D eigenvalue weighted by Crippen LogP contribution is 2.24. The van der Waals surface area contributed by atoms with Gasteiger partial charge in [0.05, 0.1) is 0 Å². The summed E-state index contributed by atoms with van der Waals surface area (Å²) in [5.74, 6) is -0.0905. The first-order valence-corrected chi connectivity index (χ1v) is 7.12. The SMILES string of the molecule is Cl.Nc1ccc(C(=O)N2CCCC2C(=O)NC2CC2)cc1. The van der Waals surface area contributed by atoms with E-state index in [4.69, 9.17) is 5.73 Å². The van der Waals surface area contributed by atoms with E-state index in [9.17, 15) is 9.59 Å². The van der Waals surface area contributed by atoms with Gasteiger partial charge in [0, 0.05) is 23.8 Å². The van der Waals surface area contributed by atoms with Crippen molar-refractivity contribution in [2.45, 2.75) is 37.8 Å². The number of likely N-dealkylation sites (tertiary alicyclic amines) is 1. The Morgan fingerprint density at radius 3 is 2.43 bits per heavy atom. The van der Waals surface area contributed by atoms with E-state index in [1.54, 1.807) is 29.2 Å². The predicted molar refractivity (Wildman–Crippen MR) is 83.3 cm³/mol. The van der Waals surface area contributed by atoms with Gasteiger partial charge in [-0.05, 0) is 49.9 Å². The van der Waals surface area contributed by atoms with Crippen LogP contribution >= 0.6 is 12.4 Å². The summed E-state index contributed by atoms with van der Waals surface area (Å²) in [4.78, 5) is 26.3. The Hall–Kier alpha value is -1.75. The molecule has 21 heavy (non-hydrogen) atoms. The fourth-order valence-corrected chi connectivity index (χ4v) is 2.60. The fourth-order valence-electron chi connectivity index (χ4n) is 2.60. The number of benzene rings is 1. The first-order valence-electron chi connectivity index (χ1n) is 7.12. The molecule has 6 heteroatoms. The number of nitrogens with zero attached hydrogens (tertiary/aromatic N) is 1. The number of nitrogens with one attached hydrogen (secondary N) is 1. The number of carbonyl (C=O) groups is 2. The van der Waals surface area contributed by atoms with Gasteiger partial charge in [0.2, 0.25) is 5.91 Å². The first-order chi connectivity index (χ1) is 9.65. The molecule has 5 nitrogen and oxygen atoms in total. The Kier molecular flexibility index (Phi) is 4.73. The molecule has 1 heterocycles. The van der Waals surface area contributed by atoms with Gasteiger partial charge in [-0.15, -0.1) is 12.4 Å². The van der Waals surface area contributed by atoms with Gasteiger partial charge in [0.25, 0.3) is 5.91 Å². The molecule has 1 atom stereocenters. The lowest BCUT2D eigenvalue weighted by molar-refractivity contribution is -0.125. The van der Waals surface area contributed by atoms with Crippen molar-refractivity contribution in [2.24, 2.45) is 0 Å². The minimum absolute atomic E-state index is 0. The van der Waals surface area contributed by atoms with Crippen LogP contribution in [-0.2, 0) is 4.79 Å². The van der Waals surface area contributed by atoms with Gasteiger partial charge < -0.3 is 16.0 Å². The molecule has 2 fully saturated rings. The molecule has 1 aliphatic carbocycles. The van der Waals surface area contributed by atoms with Gasteiger partial charge in [0.15, 0.2) is 0 Å². The Morgan fingerprint density at radius 2 is 1.81 bits per heavy atom. The molecule has 1 unspecified atom stereocenters. The highest BCUT2D eigenvalue weighted by molar-refractivity contribution is 5.98. The van der Waals surface area contributed by atoms with Crippen LogP contribution in [0.2, 0.25) is 0 Å². The molecule has 1 aromatic carbocycles. The minimum Gasteiger partial charge on any atom is -0.399 e. The van der Waals surface area contributed by atoms with Crippen LogP contribution in [-0.4, -0.2) is 35.3 Å². The Morgan fingerprint density at radius 1 is 1.14 bits per heavy atom. The lowest BCUT2D eigenvalue weighted by atomic mass is 10.1. The highest BCUT2D eigenvalue weighted by Gasteiger charge is 2.36. The maximum absolute atomic E-state index is 12.5. The molecular formula is C15H20ClN3O2. The van der Waals surface area contributed by atoms with Crippen molar-refractivity contribution in [3.63, 3.8) is 0 Å². The summed E-state index contributed by atoms with van der Waals surface area (Å²) in [7, 11) is 0. The van der Waals surface area contributed by atoms with Crippen molar-refractivity contribution < 1.29 is 9.59 Å². The smallest absolute Gasteiger partial charge is 0.254 e. The van der Waals surface area contributed by atoms with E-state index in [2.05, 4.69) is 5.32 Å².